The molecule has 4 nitrogen and oxygen atoms in total. The van der Waals surface area contributed by atoms with E-state index in [0.717, 1.165) is 17.9 Å². The summed E-state index contributed by atoms with van der Waals surface area (Å²) in [5, 5.41) is 7.55. The Morgan fingerprint density at radius 2 is 1.81 bits per heavy atom. The molecule has 0 spiro atoms. The van der Waals surface area contributed by atoms with Crippen LogP contribution in [0.15, 0.2) is 55.1 Å². The van der Waals surface area contributed by atoms with Crippen molar-refractivity contribution in [1.29, 1.82) is 0 Å². The first kappa shape index (κ1) is 13.4. The highest BCUT2D eigenvalue weighted by Gasteiger charge is 1.99. The van der Waals surface area contributed by atoms with Gasteiger partial charge in [0.2, 0.25) is 0 Å². The van der Waals surface area contributed by atoms with Crippen LogP contribution in [0.5, 0.6) is 0 Å². The molecule has 1 heterocycles. The standard InChI is InChI=1S/C17H18N4/c1-13-3-4-15(9-14(13)2)10-19-16-5-7-17(8-6-16)21-12-18-11-20-21/h3-9,11-12,19H,10H2,1-2H3. The average Bonchev–Trinajstić information content (AvgIpc) is 3.03. The number of aromatic nitrogens is 3. The molecule has 2 aromatic carbocycles. The second kappa shape index (κ2) is 5.79. The van der Waals surface area contributed by atoms with Gasteiger partial charge in [-0.05, 0) is 54.8 Å². The zero-order valence-corrected chi connectivity index (χ0v) is 12.2. The van der Waals surface area contributed by atoms with Crippen LogP contribution in [0.4, 0.5) is 5.69 Å². The van der Waals surface area contributed by atoms with Crippen molar-refractivity contribution in [3.8, 4) is 5.69 Å². The number of hydrogen-bond acceptors (Lipinski definition) is 3. The molecule has 1 aromatic heterocycles. The summed E-state index contributed by atoms with van der Waals surface area (Å²) < 4.78 is 1.74. The first-order valence-corrected chi connectivity index (χ1v) is 6.97. The topological polar surface area (TPSA) is 42.7 Å². The summed E-state index contributed by atoms with van der Waals surface area (Å²) in [6.07, 6.45) is 3.23. The first-order chi connectivity index (χ1) is 10.2. The van der Waals surface area contributed by atoms with Crippen molar-refractivity contribution in [2.75, 3.05) is 5.32 Å². The van der Waals surface area contributed by atoms with Crippen LogP contribution in [0.3, 0.4) is 0 Å². The molecule has 0 bridgehead atoms. The third-order valence-corrected chi connectivity index (χ3v) is 3.62. The molecule has 3 aromatic rings. The molecular weight excluding hydrogens is 260 g/mol. The molecule has 0 amide bonds. The predicted octanol–water partition coefficient (Wildman–Crippen LogP) is 3.50. The number of benzene rings is 2. The number of nitrogens with one attached hydrogen (secondary N) is 1. The molecule has 0 aliphatic carbocycles. The lowest BCUT2D eigenvalue weighted by atomic mass is 10.1. The molecule has 106 valence electrons. The Labute approximate surface area is 124 Å². The lowest BCUT2D eigenvalue weighted by Gasteiger charge is -2.09. The van der Waals surface area contributed by atoms with Gasteiger partial charge in [-0.1, -0.05) is 18.2 Å². The van der Waals surface area contributed by atoms with E-state index in [4.69, 9.17) is 0 Å². The van der Waals surface area contributed by atoms with E-state index in [9.17, 15) is 0 Å². The van der Waals surface area contributed by atoms with Crippen LogP contribution in [0.2, 0.25) is 0 Å². The van der Waals surface area contributed by atoms with E-state index in [1.54, 1.807) is 11.0 Å². The first-order valence-electron chi connectivity index (χ1n) is 6.97. The van der Waals surface area contributed by atoms with E-state index in [1.807, 2.05) is 12.1 Å². The zero-order valence-electron chi connectivity index (χ0n) is 12.2. The fourth-order valence-corrected chi connectivity index (χ4v) is 2.19. The number of rotatable bonds is 4. The molecule has 0 unspecified atom stereocenters. The van der Waals surface area contributed by atoms with Gasteiger partial charge in [-0.15, -0.1) is 0 Å². The third-order valence-electron chi connectivity index (χ3n) is 3.62. The second-order valence-corrected chi connectivity index (χ2v) is 5.16. The van der Waals surface area contributed by atoms with Crippen molar-refractivity contribution >= 4 is 5.69 Å². The van der Waals surface area contributed by atoms with Crippen molar-refractivity contribution in [2.24, 2.45) is 0 Å². The maximum atomic E-state index is 4.11. The Balaban J connectivity index is 1.66. The summed E-state index contributed by atoms with van der Waals surface area (Å²) in [5.41, 5.74) is 6.05. The van der Waals surface area contributed by atoms with Gasteiger partial charge < -0.3 is 5.32 Å². The van der Waals surface area contributed by atoms with Gasteiger partial charge in [0, 0.05) is 12.2 Å². The molecule has 0 aliphatic rings. The van der Waals surface area contributed by atoms with Crippen molar-refractivity contribution in [2.45, 2.75) is 20.4 Å². The molecular formula is C17H18N4. The highest BCUT2D eigenvalue weighted by molar-refractivity contribution is 5.49. The van der Waals surface area contributed by atoms with Crippen LogP contribution in [0.1, 0.15) is 16.7 Å². The van der Waals surface area contributed by atoms with E-state index >= 15 is 0 Å². The summed E-state index contributed by atoms with van der Waals surface area (Å²) in [7, 11) is 0. The molecule has 0 saturated carbocycles. The van der Waals surface area contributed by atoms with E-state index in [2.05, 4.69) is 59.6 Å². The van der Waals surface area contributed by atoms with Crippen molar-refractivity contribution in [3.05, 3.63) is 71.8 Å². The molecule has 21 heavy (non-hydrogen) atoms. The summed E-state index contributed by atoms with van der Waals surface area (Å²) in [4.78, 5) is 3.95. The quantitative estimate of drug-likeness (QED) is 0.794. The van der Waals surface area contributed by atoms with Gasteiger partial charge in [0.1, 0.15) is 12.7 Å². The van der Waals surface area contributed by atoms with Crippen molar-refractivity contribution < 1.29 is 0 Å². The van der Waals surface area contributed by atoms with Gasteiger partial charge in [-0.25, -0.2) is 9.67 Å². The molecule has 0 fully saturated rings. The Kier molecular flexibility index (Phi) is 3.69. The summed E-state index contributed by atoms with van der Waals surface area (Å²) >= 11 is 0. The van der Waals surface area contributed by atoms with Crippen LogP contribution in [0, 0.1) is 13.8 Å². The number of aryl methyl sites for hydroxylation is 2. The van der Waals surface area contributed by atoms with E-state index in [-0.39, 0.29) is 0 Å². The number of hydrogen-bond donors (Lipinski definition) is 1. The van der Waals surface area contributed by atoms with Crippen LogP contribution in [0.25, 0.3) is 5.69 Å². The van der Waals surface area contributed by atoms with E-state index in [0.29, 0.717) is 0 Å². The highest BCUT2D eigenvalue weighted by atomic mass is 15.3. The summed E-state index contributed by atoms with van der Waals surface area (Å²) in [6.45, 7) is 5.10. The van der Waals surface area contributed by atoms with Crippen molar-refractivity contribution in [3.63, 3.8) is 0 Å². The highest BCUT2D eigenvalue weighted by Crippen LogP contribution is 2.15. The summed E-state index contributed by atoms with van der Waals surface area (Å²) in [6, 6.07) is 14.7. The van der Waals surface area contributed by atoms with Crippen LogP contribution < -0.4 is 5.32 Å². The van der Waals surface area contributed by atoms with Gasteiger partial charge in [0.25, 0.3) is 0 Å². The van der Waals surface area contributed by atoms with Gasteiger partial charge in [-0.3, -0.25) is 0 Å². The number of nitrogens with zero attached hydrogens (tertiary/aromatic N) is 3. The molecule has 0 atom stereocenters. The lowest BCUT2D eigenvalue weighted by molar-refractivity contribution is 0.879. The minimum Gasteiger partial charge on any atom is -0.381 e. The molecule has 4 heteroatoms. The van der Waals surface area contributed by atoms with Crippen LogP contribution >= 0.6 is 0 Å². The fourth-order valence-electron chi connectivity index (χ4n) is 2.19. The van der Waals surface area contributed by atoms with Crippen LogP contribution in [-0.4, -0.2) is 14.8 Å². The largest absolute Gasteiger partial charge is 0.381 e. The Morgan fingerprint density at radius 3 is 2.48 bits per heavy atom. The Hall–Kier alpha value is -2.62. The SMILES string of the molecule is Cc1ccc(CNc2ccc(-n3cncn3)cc2)cc1C. The third kappa shape index (κ3) is 3.11. The maximum absolute atomic E-state index is 4.11. The van der Waals surface area contributed by atoms with Gasteiger partial charge in [-0.2, -0.15) is 5.10 Å². The normalized spacial score (nSPS) is 10.6. The summed E-state index contributed by atoms with van der Waals surface area (Å²) in [5.74, 6) is 0. The molecule has 3 rings (SSSR count). The Morgan fingerprint density at radius 1 is 1.00 bits per heavy atom. The molecule has 0 radical (unpaired) electrons. The minimum atomic E-state index is 0.823. The lowest BCUT2D eigenvalue weighted by Crippen LogP contribution is -2.01. The van der Waals surface area contributed by atoms with Gasteiger partial charge in [0.15, 0.2) is 0 Å². The molecule has 0 aliphatic heterocycles. The minimum absolute atomic E-state index is 0.823. The van der Waals surface area contributed by atoms with Gasteiger partial charge >= 0.3 is 0 Å². The van der Waals surface area contributed by atoms with Crippen molar-refractivity contribution in [1.82, 2.24) is 14.8 Å². The monoisotopic (exact) mass is 278 g/mol. The smallest absolute Gasteiger partial charge is 0.138 e. The zero-order chi connectivity index (χ0) is 14.7. The van der Waals surface area contributed by atoms with Gasteiger partial charge in [0.05, 0.1) is 5.69 Å². The maximum Gasteiger partial charge on any atom is 0.138 e. The fraction of sp³-hybridized carbons (Fsp3) is 0.176. The molecule has 0 saturated heterocycles. The van der Waals surface area contributed by atoms with Crippen LogP contribution in [-0.2, 0) is 6.54 Å². The number of anilines is 1. The predicted molar refractivity (Wildman–Crippen MR) is 84.6 cm³/mol. The van der Waals surface area contributed by atoms with E-state index in [1.165, 1.54) is 23.0 Å². The Bertz CT molecular complexity index is 715. The molecule has 1 N–H and O–H groups in total. The average molecular weight is 278 g/mol. The second-order valence-electron chi connectivity index (χ2n) is 5.16. The van der Waals surface area contributed by atoms with E-state index < -0.39 is 0 Å².